The third-order valence-electron chi connectivity index (χ3n) is 6.56. The molecule has 1 saturated carbocycles. The fourth-order valence-corrected chi connectivity index (χ4v) is 4.90. The van der Waals surface area contributed by atoms with E-state index in [9.17, 15) is 4.79 Å². The Labute approximate surface area is 150 Å². The first-order valence-electron chi connectivity index (χ1n) is 9.77. The van der Waals surface area contributed by atoms with Crippen molar-refractivity contribution >= 4 is 5.91 Å². The maximum Gasteiger partial charge on any atom is 0.219 e. The molecule has 0 atom stereocenters. The van der Waals surface area contributed by atoms with Crippen molar-refractivity contribution in [1.82, 2.24) is 19.8 Å². The second-order valence-electron chi connectivity index (χ2n) is 8.78. The molecule has 5 nitrogen and oxygen atoms in total. The van der Waals surface area contributed by atoms with Crippen molar-refractivity contribution in [2.75, 3.05) is 26.2 Å². The van der Waals surface area contributed by atoms with E-state index in [2.05, 4.69) is 28.7 Å². The molecule has 2 saturated heterocycles. The van der Waals surface area contributed by atoms with E-state index in [0.29, 0.717) is 17.3 Å². The normalized spacial score (nSPS) is 24.4. The summed E-state index contributed by atoms with van der Waals surface area (Å²) in [5.74, 6) is 2.19. The molecule has 1 aromatic rings. The van der Waals surface area contributed by atoms with Gasteiger partial charge in [-0.2, -0.15) is 0 Å². The Balaban J connectivity index is 1.25. The summed E-state index contributed by atoms with van der Waals surface area (Å²) < 4.78 is 0. The van der Waals surface area contributed by atoms with Crippen molar-refractivity contribution in [1.29, 1.82) is 0 Å². The van der Waals surface area contributed by atoms with E-state index in [1.807, 2.05) is 17.3 Å². The third-order valence-corrected chi connectivity index (χ3v) is 6.56. The van der Waals surface area contributed by atoms with Crippen LogP contribution >= 0.6 is 0 Å². The highest BCUT2D eigenvalue weighted by Gasteiger charge is 2.54. The number of rotatable bonds is 3. The van der Waals surface area contributed by atoms with Gasteiger partial charge in [0.05, 0.1) is 0 Å². The van der Waals surface area contributed by atoms with E-state index >= 15 is 0 Å². The summed E-state index contributed by atoms with van der Waals surface area (Å²) in [5.41, 5.74) is 1.78. The van der Waals surface area contributed by atoms with Crippen LogP contribution in [0.4, 0.5) is 0 Å². The van der Waals surface area contributed by atoms with Crippen LogP contribution in [-0.2, 0) is 4.79 Å². The molecule has 3 heterocycles. The molecule has 1 spiro atoms. The highest BCUT2D eigenvalue weighted by atomic mass is 16.2. The van der Waals surface area contributed by atoms with Gasteiger partial charge in [0.2, 0.25) is 5.91 Å². The van der Waals surface area contributed by atoms with Gasteiger partial charge in [-0.25, -0.2) is 9.97 Å². The zero-order valence-corrected chi connectivity index (χ0v) is 15.7. The van der Waals surface area contributed by atoms with Crippen LogP contribution in [0.15, 0.2) is 12.4 Å². The van der Waals surface area contributed by atoms with Crippen LogP contribution in [0.3, 0.4) is 0 Å². The average molecular weight is 342 g/mol. The monoisotopic (exact) mass is 342 g/mol. The second kappa shape index (κ2) is 6.35. The number of piperidine rings is 1. The Morgan fingerprint density at radius 1 is 1.16 bits per heavy atom. The number of amides is 1. The van der Waals surface area contributed by atoms with E-state index in [0.717, 1.165) is 25.0 Å². The van der Waals surface area contributed by atoms with Gasteiger partial charge in [0.1, 0.15) is 5.82 Å². The van der Waals surface area contributed by atoms with Crippen molar-refractivity contribution in [2.24, 2.45) is 5.41 Å². The second-order valence-corrected chi connectivity index (χ2v) is 8.78. The van der Waals surface area contributed by atoms with E-state index in [-0.39, 0.29) is 5.91 Å². The summed E-state index contributed by atoms with van der Waals surface area (Å²) in [6.45, 7) is 10.3. The Kier molecular flexibility index (Phi) is 4.30. The predicted molar refractivity (Wildman–Crippen MR) is 97.4 cm³/mol. The summed E-state index contributed by atoms with van der Waals surface area (Å²) in [4.78, 5) is 25.1. The van der Waals surface area contributed by atoms with Crippen molar-refractivity contribution in [3.63, 3.8) is 0 Å². The van der Waals surface area contributed by atoms with Gasteiger partial charge in [0, 0.05) is 49.8 Å². The number of carbonyl (C=O) groups is 1. The maximum absolute atomic E-state index is 11.4. The molecule has 0 unspecified atom stereocenters. The molecule has 25 heavy (non-hydrogen) atoms. The number of nitrogens with zero attached hydrogens (tertiary/aromatic N) is 4. The van der Waals surface area contributed by atoms with Crippen molar-refractivity contribution in [3.05, 3.63) is 23.8 Å². The fourth-order valence-electron chi connectivity index (χ4n) is 4.90. The van der Waals surface area contributed by atoms with Crippen LogP contribution in [0, 0.1) is 5.41 Å². The summed E-state index contributed by atoms with van der Waals surface area (Å²) in [5, 5.41) is 0. The molecule has 0 bridgehead atoms. The van der Waals surface area contributed by atoms with Crippen molar-refractivity contribution in [3.8, 4) is 0 Å². The molecule has 1 aliphatic carbocycles. The lowest BCUT2D eigenvalue weighted by atomic mass is 9.60. The van der Waals surface area contributed by atoms with Crippen molar-refractivity contribution in [2.45, 2.75) is 64.3 Å². The first-order chi connectivity index (χ1) is 12.0. The Hall–Kier alpha value is -1.49. The Bertz CT molecular complexity index is 620. The minimum Gasteiger partial charge on any atom is -0.342 e. The van der Waals surface area contributed by atoms with Gasteiger partial charge in [-0.1, -0.05) is 13.8 Å². The lowest BCUT2D eigenvalue weighted by molar-refractivity contribution is -0.155. The van der Waals surface area contributed by atoms with Crippen LogP contribution in [0.5, 0.6) is 0 Å². The van der Waals surface area contributed by atoms with Gasteiger partial charge >= 0.3 is 0 Å². The molecule has 0 radical (unpaired) electrons. The van der Waals surface area contributed by atoms with Gasteiger partial charge < -0.3 is 9.80 Å². The maximum atomic E-state index is 11.4. The lowest BCUT2D eigenvalue weighted by Gasteiger charge is -2.61. The molecule has 4 rings (SSSR count). The largest absolute Gasteiger partial charge is 0.342 e. The molecule has 136 valence electrons. The average Bonchev–Trinajstić information content (AvgIpc) is 2.52. The van der Waals surface area contributed by atoms with Gasteiger partial charge in [-0.3, -0.25) is 4.79 Å². The van der Waals surface area contributed by atoms with E-state index in [4.69, 9.17) is 0 Å². The van der Waals surface area contributed by atoms with Crippen LogP contribution in [0.2, 0.25) is 0 Å². The van der Waals surface area contributed by atoms with E-state index in [1.54, 1.807) is 6.92 Å². The van der Waals surface area contributed by atoms with Gasteiger partial charge in [0.15, 0.2) is 0 Å². The van der Waals surface area contributed by atoms with Gasteiger partial charge in [-0.15, -0.1) is 0 Å². The summed E-state index contributed by atoms with van der Waals surface area (Å²) in [6, 6.07) is 0.745. The van der Waals surface area contributed by atoms with Crippen LogP contribution in [0.1, 0.15) is 69.7 Å². The quantitative estimate of drug-likeness (QED) is 0.847. The molecule has 1 aromatic heterocycles. The lowest BCUT2D eigenvalue weighted by Crippen LogP contribution is -2.67. The smallest absolute Gasteiger partial charge is 0.219 e. The number of carbonyl (C=O) groups excluding carboxylic acids is 1. The molecule has 1 amide bonds. The van der Waals surface area contributed by atoms with E-state index in [1.165, 1.54) is 44.3 Å². The number of likely N-dealkylation sites (tertiary alicyclic amines) is 2. The fraction of sp³-hybridized carbons (Fsp3) is 0.750. The standard InChI is InChI=1S/C20H30N4O/c1-14(2)19-21-10-17(11-22-19)16-4-6-23(7-5-16)18-8-20(9-18)12-24(13-20)15(3)25/h10-11,14,16,18H,4-9,12-13H2,1-3H3. The minimum absolute atomic E-state index is 0.237. The zero-order valence-electron chi connectivity index (χ0n) is 15.7. The van der Waals surface area contributed by atoms with Crippen LogP contribution < -0.4 is 0 Å². The third kappa shape index (κ3) is 3.19. The summed E-state index contributed by atoms with van der Waals surface area (Å²) >= 11 is 0. The Morgan fingerprint density at radius 2 is 1.76 bits per heavy atom. The highest BCUT2D eigenvalue weighted by Crippen LogP contribution is 2.50. The molecular formula is C20H30N4O. The number of hydrogen-bond donors (Lipinski definition) is 0. The Morgan fingerprint density at radius 3 is 2.28 bits per heavy atom. The topological polar surface area (TPSA) is 49.3 Å². The predicted octanol–water partition coefficient (Wildman–Crippen LogP) is 2.79. The molecule has 5 heteroatoms. The molecule has 0 aromatic carbocycles. The van der Waals surface area contributed by atoms with Crippen LogP contribution in [0.25, 0.3) is 0 Å². The number of hydrogen-bond acceptors (Lipinski definition) is 4. The SMILES string of the molecule is CC(=O)N1CC2(CC(N3CCC(c4cnc(C(C)C)nc4)CC3)C2)C1. The summed E-state index contributed by atoms with van der Waals surface area (Å²) in [7, 11) is 0. The molecular weight excluding hydrogens is 312 g/mol. The van der Waals surface area contributed by atoms with E-state index < -0.39 is 0 Å². The molecule has 3 fully saturated rings. The molecule has 3 aliphatic rings. The van der Waals surface area contributed by atoms with Gasteiger partial charge in [0.25, 0.3) is 0 Å². The summed E-state index contributed by atoms with van der Waals surface area (Å²) in [6.07, 6.45) is 9.10. The van der Waals surface area contributed by atoms with Gasteiger partial charge in [-0.05, 0) is 50.3 Å². The zero-order chi connectivity index (χ0) is 17.6. The first kappa shape index (κ1) is 17.0. The molecule has 0 N–H and O–H groups in total. The highest BCUT2D eigenvalue weighted by molar-refractivity contribution is 5.74. The van der Waals surface area contributed by atoms with Crippen molar-refractivity contribution < 1.29 is 4.79 Å². The number of aromatic nitrogens is 2. The van der Waals surface area contributed by atoms with Crippen LogP contribution in [-0.4, -0.2) is 57.9 Å². The minimum atomic E-state index is 0.237. The first-order valence-corrected chi connectivity index (χ1v) is 9.77. The molecule has 2 aliphatic heterocycles.